The molecule has 2 aliphatic carbocycles. The molecule has 0 aromatic rings. The topological polar surface area (TPSA) is 55.8 Å². The van der Waals surface area contributed by atoms with Crippen LogP contribution in [-0.4, -0.2) is 39.9 Å². The van der Waals surface area contributed by atoms with Crippen LogP contribution >= 0.6 is 0 Å². The van der Waals surface area contributed by atoms with E-state index in [0.717, 1.165) is 56.7 Å². The lowest BCUT2D eigenvalue weighted by atomic mass is 9.89. The summed E-state index contributed by atoms with van der Waals surface area (Å²) in [6.45, 7) is 18.2. The van der Waals surface area contributed by atoms with E-state index in [1.54, 1.807) is 0 Å². The van der Waals surface area contributed by atoms with Crippen LogP contribution in [-0.2, 0) is 13.6 Å². The van der Waals surface area contributed by atoms with Crippen LogP contribution in [0.25, 0.3) is 0 Å². The maximum atomic E-state index is 10.9. The number of allylic oxidation sites excluding steroid dienone is 2. The summed E-state index contributed by atoms with van der Waals surface area (Å²) in [6, 6.07) is 7.03. The number of carboxylic acids is 1. The summed E-state index contributed by atoms with van der Waals surface area (Å²) >= 11 is 0. The maximum absolute atomic E-state index is 10.9. The third-order valence-corrected chi connectivity index (χ3v) is 19.8. The Bertz CT molecular complexity index is 877. The molecule has 40 heavy (non-hydrogen) atoms. The van der Waals surface area contributed by atoms with Crippen LogP contribution in [0.1, 0.15) is 100 Å². The van der Waals surface area contributed by atoms with E-state index >= 15 is 0 Å². The Morgan fingerprint density at radius 2 is 1.65 bits per heavy atom. The molecule has 2 saturated carbocycles. The molecular weight excluding hydrogens is 529 g/mol. The Balaban J connectivity index is 2.35. The summed E-state index contributed by atoms with van der Waals surface area (Å²) in [7, 11) is -3.49. The van der Waals surface area contributed by atoms with E-state index in [1.165, 1.54) is 23.7 Å². The number of carboxylic acid groups (broad SMARTS) is 1. The molecule has 0 amide bonds. The number of unbranched alkanes of at least 4 members (excludes halogenated alkanes) is 1. The van der Waals surface area contributed by atoms with E-state index in [2.05, 4.69) is 78.5 Å². The van der Waals surface area contributed by atoms with Gasteiger partial charge in [0.1, 0.15) is 0 Å². The summed E-state index contributed by atoms with van der Waals surface area (Å²) in [5, 5.41) is 9.01. The Hall–Kier alpha value is -1.14. The van der Waals surface area contributed by atoms with Crippen LogP contribution in [0.15, 0.2) is 23.8 Å². The van der Waals surface area contributed by atoms with Crippen molar-refractivity contribution in [2.24, 2.45) is 23.7 Å². The molecule has 0 bridgehead atoms. The lowest BCUT2D eigenvalue weighted by Crippen LogP contribution is -2.42. The van der Waals surface area contributed by atoms with Gasteiger partial charge in [0.15, 0.2) is 16.6 Å². The van der Waals surface area contributed by atoms with E-state index in [0.29, 0.717) is 29.8 Å². The molecule has 0 spiro atoms. The molecule has 1 N–H and O–H groups in total. The van der Waals surface area contributed by atoms with E-state index in [4.69, 9.17) is 14.0 Å². The van der Waals surface area contributed by atoms with Crippen LogP contribution in [0.3, 0.4) is 0 Å². The van der Waals surface area contributed by atoms with Crippen LogP contribution in [0, 0.1) is 35.5 Å². The van der Waals surface area contributed by atoms with Crippen molar-refractivity contribution in [1.29, 1.82) is 0 Å². The molecule has 0 radical (unpaired) electrons. The van der Waals surface area contributed by atoms with Gasteiger partial charge in [-0.05, 0) is 93.0 Å². The number of hydrogen-bond donors (Lipinski definition) is 1. The second-order valence-electron chi connectivity index (χ2n) is 12.5. The summed E-state index contributed by atoms with van der Waals surface area (Å²) in [4.78, 5) is 10.9. The molecule has 0 aliphatic heterocycles. The fourth-order valence-corrected chi connectivity index (χ4v) is 13.0. The van der Waals surface area contributed by atoms with E-state index in [-0.39, 0.29) is 12.5 Å². The normalized spacial score (nSPS) is 25.6. The van der Waals surface area contributed by atoms with Gasteiger partial charge in [-0.3, -0.25) is 4.79 Å². The summed E-state index contributed by atoms with van der Waals surface area (Å²) in [6.07, 6.45) is 13.9. The zero-order chi connectivity index (χ0) is 29.8. The van der Waals surface area contributed by atoms with Crippen molar-refractivity contribution in [2.75, 3.05) is 0 Å². The molecular formula is C34H60O4Si2. The second-order valence-corrected chi connectivity index (χ2v) is 22.0. The average molecular weight is 589 g/mol. The fraction of sp³-hybridized carbons (Fsp3) is 0.794. The molecule has 228 valence electrons. The zero-order valence-corrected chi connectivity index (χ0v) is 29.1. The van der Waals surface area contributed by atoms with Gasteiger partial charge >= 0.3 is 5.97 Å². The molecule has 1 unspecified atom stereocenters. The number of rotatable bonds is 18. The highest BCUT2D eigenvalue weighted by Gasteiger charge is 2.48. The molecule has 6 heteroatoms. The third kappa shape index (κ3) is 9.44. The molecule has 0 aromatic heterocycles. The van der Waals surface area contributed by atoms with Crippen LogP contribution < -0.4 is 0 Å². The van der Waals surface area contributed by atoms with Crippen molar-refractivity contribution in [2.45, 2.75) is 149 Å². The minimum Gasteiger partial charge on any atom is -0.481 e. The van der Waals surface area contributed by atoms with Gasteiger partial charge in [0.05, 0.1) is 12.2 Å². The predicted octanol–water partition coefficient (Wildman–Crippen LogP) is 9.60. The first kappa shape index (κ1) is 35.1. The zero-order valence-electron chi connectivity index (χ0n) is 27.1. The maximum Gasteiger partial charge on any atom is 0.303 e. The summed E-state index contributed by atoms with van der Waals surface area (Å²) in [5.41, 5.74) is 1.54. The number of aliphatic carboxylic acids is 1. The van der Waals surface area contributed by atoms with E-state index in [1.807, 2.05) is 6.92 Å². The Labute approximate surface area is 249 Å². The second kappa shape index (κ2) is 17.1. The minimum atomic E-state index is -1.77. The van der Waals surface area contributed by atoms with Crippen LogP contribution in [0.5, 0.6) is 0 Å². The molecule has 6 atom stereocenters. The molecule has 0 saturated heterocycles. The molecule has 4 nitrogen and oxygen atoms in total. The highest BCUT2D eigenvalue weighted by atomic mass is 28.4. The lowest BCUT2D eigenvalue weighted by Gasteiger charge is -2.36. The first-order chi connectivity index (χ1) is 19.2. The monoisotopic (exact) mass is 588 g/mol. The molecule has 0 aromatic carbocycles. The van der Waals surface area contributed by atoms with Gasteiger partial charge in [0, 0.05) is 18.8 Å². The van der Waals surface area contributed by atoms with Gasteiger partial charge in [-0.1, -0.05) is 72.3 Å². The average Bonchev–Trinajstić information content (AvgIpc) is 3.50. The van der Waals surface area contributed by atoms with Crippen molar-refractivity contribution in [3.63, 3.8) is 0 Å². The summed E-state index contributed by atoms with van der Waals surface area (Å²) in [5.74, 6) is 7.78. The Morgan fingerprint density at radius 3 is 2.20 bits per heavy atom. The van der Waals surface area contributed by atoms with Crippen molar-refractivity contribution < 1.29 is 18.8 Å². The largest absolute Gasteiger partial charge is 0.481 e. The molecule has 0 heterocycles. The first-order valence-electron chi connectivity index (χ1n) is 16.5. The standard InChI is InChI=1S/C34H60O4Si2/c1-9-16-19-27(8)32(37-39(10-2,11-3)12-4)23-22-30-31-25-28(20-17-18-21-34(35)36)24-29(31)26-33(30)38-40(13-5,14-6)15-7/h20,22-23,27,29-33H,10-15,17-19,21,24-26H2,1-8H3,(H,35,36)/b23-22+,28-20?/t27?,29-,30+,31-,32+,33+/m0/s1. The summed E-state index contributed by atoms with van der Waals surface area (Å²) < 4.78 is 14.3. The minimum absolute atomic E-state index is 0.102. The van der Waals surface area contributed by atoms with Gasteiger partial charge in [-0.25, -0.2) is 0 Å². The van der Waals surface area contributed by atoms with Crippen molar-refractivity contribution in [3.05, 3.63) is 23.8 Å². The number of carbonyl (C=O) groups is 1. The van der Waals surface area contributed by atoms with Gasteiger partial charge in [-0.15, -0.1) is 11.8 Å². The van der Waals surface area contributed by atoms with Crippen LogP contribution in [0.4, 0.5) is 0 Å². The first-order valence-corrected chi connectivity index (χ1v) is 21.5. The highest BCUT2D eigenvalue weighted by molar-refractivity contribution is 6.74. The molecule has 2 fully saturated rings. The Kier molecular flexibility index (Phi) is 15.0. The predicted molar refractivity (Wildman–Crippen MR) is 174 cm³/mol. The molecule has 2 rings (SSSR count). The van der Waals surface area contributed by atoms with E-state index < -0.39 is 22.6 Å². The Morgan fingerprint density at radius 1 is 1.02 bits per heavy atom. The number of hydrogen-bond acceptors (Lipinski definition) is 3. The van der Waals surface area contributed by atoms with E-state index in [9.17, 15) is 4.79 Å². The van der Waals surface area contributed by atoms with Crippen molar-refractivity contribution in [1.82, 2.24) is 0 Å². The lowest BCUT2D eigenvalue weighted by molar-refractivity contribution is -0.137. The van der Waals surface area contributed by atoms with Gasteiger partial charge in [0.25, 0.3) is 0 Å². The van der Waals surface area contributed by atoms with Crippen LogP contribution in [0.2, 0.25) is 36.3 Å². The fourth-order valence-electron chi connectivity index (χ4n) is 7.17. The van der Waals surface area contributed by atoms with Gasteiger partial charge < -0.3 is 14.0 Å². The quantitative estimate of drug-likeness (QED) is 0.0749. The number of fused-ring (bicyclic) bond motifs is 1. The SMILES string of the molecule is CC#CCC(C)[C@@H](/C=C/[C@@H]1[C@H]2CC(=CCCCC(=O)O)C[C@H]2C[C@H]1O[Si](CC)(CC)CC)O[Si](CC)(CC)CC. The molecule has 2 aliphatic rings. The van der Waals surface area contributed by atoms with Gasteiger partial charge in [0.2, 0.25) is 0 Å². The van der Waals surface area contributed by atoms with Gasteiger partial charge in [-0.2, -0.15) is 0 Å². The third-order valence-electron chi connectivity index (χ3n) is 10.5. The smallest absolute Gasteiger partial charge is 0.303 e. The highest BCUT2D eigenvalue weighted by Crippen LogP contribution is 2.52. The van der Waals surface area contributed by atoms with Crippen molar-refractivity contribution in [3.8, 4) is 11.8 Å². The van der Waals surface area contributed by atoms with Crippen molar-refractivity contribution >= 4 is 22.6 Å².